The van der Waals surface area contributed by atoms with Gasteiger partial charge in [0.15, 0.2) is 0 Å². The van der Waals surface area contributed by atoms with Gasteiger partial charge < -0.3 is 19.5 Å². The Hall–Kier alpha value is -3.28. The van der Waals surface area contributed by atoms with E-state index in [1.54, 1.807) is 0 Å². The van der Waals surface area contributed by atoms with Crippen LogP contribution in [-0.2, 0) is 11.2 Å². The van der Waals surface area contributed by atoms with Crippen LogP contribution in [-0.4, -0.2) is 58.9 Å². The summed E-state index contributed by atoms with van der Waals surface area (Å²) in [6.45, 7) is 2.24. The minimum atomic E-state index is 0.0149. The maximum absolute atomic E-state index is 12.9. The number of ether oxygens (including phenoxy) is 1. The molecule has 2 aromatic carbocycles. The molecule has 0 spiro atoms. The first-order valence-electron chi connectivity index (χ1n) is 11.6. The third-order valence-corrected chi connectivity index (χ3v) is 6.64. The van der Waals surface area contributed by atoms with Crippen molar-refractivity contribution in [2.24, 2.45) is 0 Å². The summed E-state index contributed by atoms with van der Waals surface area (Å²) in [6.07, 6.45) is 7.30. The van der Waals surface area contributed by atoms with Gasteiger partial charge in [0, 0.05) is 48.8 Å². The smallest absolute Gasteiger partial charge is 0.253 e. The molecule has 2 fully saturated rings. The van der Waals surface area contributed by atoms with E-state index in [0.29, 0.717) is 44.3 Å². The van der Waals surface area contributed by atoms with E-state index in [2.05, 4.69) is 4.98 Å². The molecule has 1 aromatic heterocycles. The molecule has 2 heterocycles. The molecule has 1 aliphatic carbocycles. The van der Waals surface area contributed by atoms with Crippen LogP contribution in [0.15, 0.2) is 54.7 Å². The van der Waals surface area contributed by atoms with E-state index >= 15 is 0 Å². The highest BCUT2D eigenvalue weighted by molar-refractivity contribution is 5.94. The highest BCUT2D eigenvalue weighted by Gasteiger charge is 2.25. The second kappa shape index (κ2) is 9.07. The van der Waals surface area contributed by atoms with Crippen LogP contribution in [0.2, 0.25) is 0 Å². The molecule has 0 radical (unpaired) electrons. The minimum Gasteiger partial charge on any atom is -0.490 e. The lowest BCUT2D eigenvalue weighted by Gasteiger charge is -2.35. The van der Waals surface area contributed by atoms with Crippen LogP contribution in [0.3, 0.4) is 0 Å². The van der Waals surface area contributed by atoms with E-state index in [-0.39, 0.29) is 11.8 Å². The number of benzene rings is 2. The number of rotatable bonds is 5. The van der Waals surface area contributed by atoms with Gasteiger partial charge in [0.1, 0.15) is 5.75 Å². The van der Waals surface area contributed by atoms with Crippen LogP contribution in [0.4, 0.5) is 0 Å². The maximum Gasteiger partial charge on any atom is 0.253 e. The number of para-hydroxylation sites is 1. The van der Waals surface area contributed by atoms with Gasteiger partial charge in [-0.25, -0.2) is 0 Å². The number of carbonyl (C=O) groups is 2. The maximum atomic E-state index is 12.9. The summed E-state index contributed by atoms with van der Waals surface area (Å²) in [5, 5.41) is 1.09. The normalized spacial score (nSPS) is 17.1. The largest absolute Gasteiger partial charge is 0.490 e. The number of hydrogen-bond donors (Lipinski definition) is 1. The van der Waals surface area contributed by atoms with Crippen LogP contribution in [0.5, 0.6) is 5.75 Å². The molecule has 166 valence electrons. The van der Waals surface area contributed by atoms with Crippen LogP contribution < -0.4 is 4.74 Å². The topological polar surface area (TPSA) is 65.6 Å². The molecule has 6 heteroatoms. The van der Waals surface area contributed by atoms with E-state index in [0.717, 1.165) is 35.1 Å². The van der Waals surface area contributed by atoms with E-state index in [9.17, 15) is 9.59 Å². The summed E-state index contributed by atoms with van der Waals surface area (Å²) >= 11 is 0. The van der Waals surface area contributed by atoms with E-state index < -0.39 is 0 Å². The lowest BCUT2D eigenvalue weighted by atomic mass is 10.1. The lowest BCUT2D eigenvalue weighted by molar-refractivity contribution is -0.131. The van der Waals surface area contributed by atoms with Crippen molar-refractivity contribution in [2.75, 3.05) is 26.2 Å². The Kier molecular flexibility index (Phi) is 5.84. The SMILES string of the molecule is O=C(Cc1c[nH]c2ccccc12)N1CCN(C(=O)c2ccc(OC3CCCC3)cc2)CC1. The summed E-state index contributed by atoms with van der Waals surface area (Å²) in [5.74, 6) is 0.956. The molecule has 0 atom stereocenters. The molecular formula is C26H29N3O3. The Bertz CT molecular complexity index is 1090. The second-order valence-corrected chi connectivity index (χ2v) is 8.76. The van der Waals surface area contributed by atoms with Gasteiger partial charge in [-0.15, -0.1) is 0 Å². The van der Waals surface area contributed by atoms with Gasteiger partial charge in [0.2, 0.25) is 5.91 Å². The molecule has 6 nitrogen and oxygen atoms in total. The highest BCUT2D eigenvalue weighted by Crippen LogP contribution is 2.25. The van der Waals surface area contributed by atoms with E-state index in [1.165, 1.54) is 12.8 Å². The minimum absolute atomic E-state index is 0.0149. The number of H-pyrrole nitrogens is 1. The van der Waals surface area contributed by atoms with Crippen molar-refractivity contribution in [3.8, 4) is 5.75 Å². The van der Waals surface area contributed by atoms with E-state index in [4.69, 9.17) is 4.74 Å². The quantitative estimate of drug-likeness (QED) is 0.664. The van der Waals surface area contributed by atoms with Gasteiger partial charge in [-0.2, -0.15) is 0 Å². The molecule has 1 saturated heterocycles. The van der Waals surface area contributed by atoms with Gasteiger partial charge in [-0.1, -0.05) is 18.2 Å². The predicted octanol–water partition coefficient (Wildman–Crippen LogP) is 4.02. The van der Waals surface area contributed by atoms with Crippen molar-refractivity contribution in [1.82, 2.24) is 14.8 Å². The van der Waals surface area contributed by atoms with Gasteiger partial charge >= 0.3 is 0 Å². The first-order chi connectivity index (χ1) is 15.7. The average molecular weight is 432 g/mol. The Balaban J connectivity index is 1.14. The van der Waals surface area contributed by atoms with Crippen molar-refractivity contribution >= 4 is 22.7 Å². The van der Waals surface area contributed by atoms with Crippen LogP contribution >= 0.6 is 0 Å². The van der Waals surface area contributed by atoms with E-state index in [1.807, 2.05) is 64.5 Å². The second-order valence-electron chi connectivity index (χ2n) is 8.76. The van der Waals surface area contributed by atoms with Crippen LogP contribution in [0, 0.1) is 0 Å². The zero-order valence-electron chi connectivity index (χ0n) is 18.3. The van der Waals surface area contributed by atoms with Crippen LogP contribution in [0.25, 0.3) is 10.9 Å². The molecule has 1 saturated carbocycles. The van der Waals surface area contributed by atoms with Crippen LogP contribution in [0.1, 0.15) is 41.6 Å². The summed E-state index contributed by atoms with van der Waals surface area (Å²) in [6, 6.07) is 15.5. The summed E-state index contributed by atoms with van der Waals surface area (Å²) in [7, 11) is 0. The molecule has 3 aromatic rings. The standard InChI is InChI=1S/C26H29N3O3/c30-25(17-20-18-27-24-8-4-3-7-23(20)24)28-13-15-29(16-14-28)26(31)19-9-11-22(12-10-19)32-21-5-1-2-6-21/h3-4,7-12,18,21,27H,1-2,5-6,13-17H2. The molecule has 2 amide bonds. The third-order valence-electron chi connectivity index (χ3n) is 6.64. The summed E-state index contributed by atoms with van der Waals surface area (Å²) < 4.78 is 5.99. The summed E-state index contributed by atoms with van der Waals surface area (Å²) in [4.78, 5) is 32.7. The zero-order chi connectivity index (χ0) is 21.9. The van der Waals surface area contributed by atoms with Crippen molar-refractivity contribution < 1.29 is 14.3 Å². The fourth-order valence-electron chi connectivity index (χ4n) is 4.77. The molecule has 0 bridgehead atoms. The lowest BCUT2D eigenvalue weighted by Crippen LogP contribution is -2.51. The molecule has 5 rings (SSSR count). The number of nitrogens with zero attached hydrogens (tertiary/aromatic N) is 2. The number of aromatic amines is 1. The summed E-state index contributed by atoms with van der Waals surface area (Å²) in [5.41, 5.74) is 2.73. The molecule has 32 heavy (non-hydrogen) atoms. The fourth-order valence-corrected chi connectivity index (χ4v) is 4.77. The zero-order valence-corrected chi connectivity index (χ0v) is 18.3. The van der Waals surface area contributed by atoms with Crippen molar-refractivity contribution in [3.05, 3.63) is 65.9 Å². The average Bonchev–Trinajstić information content (AvgIpc) is 3.49. The fraction of sp³-hybridized carbons (Fsp3) is 0.385. The first-order valence-corrected chi connectivity index (χ1v) is 11.6. The highest BCUT2D eigenvalue weighted by atomic mass is 16.5. The van der Waals surface area contributed by atoms with Crippen molar-refractivity contribution in [3.63, 3.8) is 0 Å². The Morgan fingerprint density at radius 1 is 0.906 bits per heavy atom. The monoisotopic (exact) mass is 431 g/mol. The number of fused-ring (bicyclic) bond motifs is 1. The van der Waals surface area contributed by atoms with Crippen molar-refractivity contribution in [1.29, 1.82) is 0 Å². The molecule has 0 unspecified atom stereocenters. The van der Waals surface area contributed by atoms with Gasteiger partial charge in [0.25, 0.3) is 5.91 Å². The Labute approximate surface area is 188 Å². The number of nitrogens with one attached hydrogen (secondary N) is 1. The molecule has 1 N–H and O–H groups in total. The Morgan fingerprint density at radius 2 is 1.59 bits per heavy atom. The number of amides is 2. The molecule has 2 aliphatic rings. The predicted molar refractivity (Wildman–Crippen MR) is 124 cm³/mol. The molecule has 1 aliphatic heterocycles. The number of piperazine rings is 1. The van der Waals surface area contributed by atoms with Gasteiger partial charge in [-0.05, 0) is 61.6 Å². The van der Waals surface area contributed by atoms with Crippen molar-refractivity contribution in [2.45, 2.75) is 38.2 Å². The third kappa shape index (κ3) is 4.35. The molecular weight excluding hydrogens is 402 g/mol. The van der Waals surface area contributed by atoms with Gasteiger partial charge in [0.05, 0.1) is 12.5 Å². The Morgan fingerprint density at radius 3 is 2.34 bits per heavy atom. The first kappa shape index (κ1) is 20.6. The van der Waals surface area contributed by atoms with Gasteiger partial charge in [-0.3, -0.25) is 9.59 Å². The number of aromatic nitrogens is 1. The number of carbonyl (C=O) groups excluding carboxylic acids is 2. The number of hydrogen-bond acceptors (Lipinski definition) is 3.